The standard InChI is InChI=1S/C17H19ClFNO3/c1-2-23-13-4-6-16(21)12(7-13)9-20-10-17(22)11-3-5-14(18)15(19)8-11/h3-8,17,20-22H,2,9-10H2,1H3. The third kappa shape index (κ3) is 4.82. The van der Waals surface area contributed by atoms with Gasteiger partial charge in [-0.25, -0.2) is 4.39 Å². The van der Waals surface area contributed by atoms with Gasteiger partial charge in [0, 0.05) is 18.7 Å². The monoisotopic (exact) mass is 339 g/mol. The second-order valence-electron chi connectivity index (χ2n) is 5.04. The van der Waals surface area contributed by atoms with Crippen molar-refractivity contribution < 1.29 is 19.3 Å². The molecule has 0 heterocycles. The Balaban J connectivity index is 1.93. The number of halogens is 2. The summed E-state index contributed by atoms with van der Waals surface area (Å²) in [4.78, 5) is 0. The highest BCUT2D eigenvalue weighted by Gasteiger charge is 2.11. The third-order valence-corrected chi connectivity index (χ3v) is 3.65. The largest absolute Gasteiger partial charge is 0.508 e. The molecule has 124 valence electrons. The molecule has 1 unspecified atom stereocenters. The molecule has 0 aromatic heterocycles. The van der Waals surface area contributed by atoms with Crippen molar-refractivity contribution in [3.05, 3.63) is 58.4 Å². The third-order valence-electron chi connectivity index (χ3n) is 3.34. The first-order valence-electron chi connectivity index (χ1n) is 7.29. The molecule has 3 N–H and O–H groups in total. The van der Waals surface area contributed by atoms with E-state index in [2.05, 4.69) is 5.32 Å². The van der Waals surface area contributed by atoms with Gasteiger partial charge in [-0.15, -0.1) is 0 Å². The number of hydrogen-bond acceptors (Lipinski definition) is 4. The van der Waals surface area contributed by atoms with Crippen molar-refractivity contribution >= 4 is 11.6 Å². The van der Waals surface area contributed by atoms with Crippen LogP contribution >= 0.6 is 11.6 Å². The highest BCUT2D eigenvalue weighted by Crippen LogP contribution is 2.23. The average Bonchev–Trinajstić information content (AvgIpc) is 2.53. The van der Waals surface area contributed by atoms with Crippen LogP contribution in [0, 0.1) is 5.82 Å². The van der Waals surface area contributed by atoms with Crippen LogP contribution in [0.4, 0.5) is 4.39 Å². The lowest BCUT2D eigenvalue weighted by Gasteiger charge is -2.14. The summed E-state index contributed by atoms with van der Waals surface area (Å²) in [6.07, 6.45) is -0.876. The van der Waals surface area contributed by atoms with Gasteiger partial charge < -0.3 is 20.3 Å². The van der Waals surface area contributed by atoms with Gasteiger partial charge in [0.05, 0.1) is 17.7 Å². The van der Waals surface area contributed by atoms with Crippen LogP contribution in [0.5, 0.6) is 11.5 Å². The van der Waals surface area contributed by atoms with E-state index in [1.54, 1.807) is 24.3 Å². The van der Waals surface area contributed by atoms with Crippen LogP contribution in [-0.2, 0) is 6.54 Å². The van der Waals surface area contributed by atoms with Crippen LogP contribution in [0.15, 0.2) is 36.4 Å². The number of aliphatic hydroxyl groups excluding tert-OH is 1. The highest BCUT2D eigenvalue weighted by atomic mass is 35.5. The summed E-state index contributed by atoms with van der Waals surface area (Å²) < 4.78 is 18.8. The number of nitrogens with one attached hydrogen (secondary N) is 1. The molecule has 0 aliphatic carbocycles. The van der Waals surface area contributed by atoms with E-state index < -0.39 is 11.9 Å². The van der Waals surface area contributed by atoms with E-state index in [-0.39, 0.29) is 17.3 Å². The zero-order valence-electron chi connectivity index (χ0n) is 12.7. The second kappa shape index (κ2) is 8.15. The van der Waals surface area contributed by atoms with Gasteiger partial charge in [-0.3, -0.25) is 0 Å². The number of hydrogen-bond donors (Lipinski definition) is 3. The molecule has 0 saturated heterocycles. The lowest BCUT2D eigenvalue weighted by atomic mass is 10.1. The number of aliphatic hydroxyl groups is 1. The van der Waals surface area contributed by atoms with Crippen LogP contribution in [0.1, 0.15) is 24.2 Å². The number of aromatic hydroxyl groups is 1. The maximum Gasteiger partial charge on any atom is 0.142 e. The molecule has 0 amide bonds. The minimum absolute atomic E-state index is 0.0200. The molecule has 0 fully saturated rings. The summed E-state index contributed by atoms with van der Waals surface area (Å²) in [5.41, 5.74) is 1.09. The topological polar surface area (TPSA) is 61.7 Å². The Morgan fingerprint density at radius 3 is 2.74 bits per heavy atom. The first-order valence-corrected chi connectivity index (χ1v) is 7.67. The van der Waals surface area contributed by atoms with Crippen LogP contribution in [-0.4, -0.2) is 23.4 Å². The summed E-state index contributed by atoms with van der Waals surface area (Å²) in [6.45, 7) is 2.98. The molecule has 0 radical (unpaired) electrons. The maximum absolute atomic E-state index is 13.4. The minimum Gasteiger partial charge on any atom is -0.508 e. The van der Waals surface area contributed by atoms with Gasteiger partial charge in [-0.1, -0.05) is 17.7 Å². The Morgan fingerprint density at radius 2 is 2.04 bits per heavy atom. The molecular weight excluding hydrogens is 321 g/mol. The van der Waals surface area contributed by atoms with E-state index in [9.17, 15) is 14.6 Å². The lowest BCUT2D eigenvalue weighted by Crippen LogP contribution is -2.21. The number of rotatable bonds is 7. The molecule has 0 spiro atoms. The number of phenolic OH excluding ortho intramolecular Hbond substituents is 1. The zero-order chi connectivity index (χ0) is 16.8. The van der Waals surface area contributed by atoms with Gasteiger partial charge in [0.2, 0.25) is 0 Å². The van der Waals surface area contributed by atoms with Gasteiger partial charge in [-0.05, 0) is 42.8 Å². The van der Waals surface area contributed by atoms with E-state index in [0.29, 0.717) is 30.0 Å². The van der Waals surface area contributed by atoms with Crippen LogP contribution in [0.25, 0.3) is 0 Å². The molecule has 0 aliphatic rings. The van der Waals surface area contributed by atoms with Crippen LogP contribution < -0.4 is 10.1 Å². The van der Waals surface area contributed by atoms with Crippen molar-refractivity contribution in [3.63, 3.8) is 0 Å². The van der Waals surface area contributed by atoms with Gasteiger partial charge in [0.1, 0.15) is 17.3 Å². The summed E-state index contributed by atoms with van der Waals surface area (Å²) in [7, 11) is 0. The summed E-state index contributed by atoms with van der Waals surface area (Å²) in [5, 5.41) is 22.9. The molecule has 1 atom stereocenters. The Labute approximate surface area is 139 Å². The zero-order valence-corrected chi connectivity index (χ0v) is 13.5. The van der Waals surface area contributed by atoms with E-state index in [4.69, 9.17) is 16.3 Å². The van der Waals surface area contributed by atoms with E-state index in [0.717, 1.165) is 0 Å². The lowest BCUT2D eigenvalue weighted by molar-refractivity contribution is 0.174. The number of phenols is 1. The fraction of sp³-hybridized carbons (Fsp3) is 0.294. The first-order chi connectivity index (χ1) is 11.0. The van der Waals surface area contributed by atoms with Gasteiger partial charge in [0.25, 0.3) is 0 Å². The summed E-state index contributed by atoms with van der Waals surface area (Å²) in [5.74, 6) is 0.251. The Kier molecular flexibility index (Phi) is 6.21. The average molecular weight is 340 g/mol. The van der Waals surface area contributed by atoms with Crippen LogP contribution in [0.3, 0.4) is 0 Å². The molecule has 0 aliphatic heterocycles. The van der Waals surface area contributed by atoms with Crippen LogP contribution in [0.2, 0.25) is 5.02 Å². The van der Waals surface area contributed by atoms with Crippen molar-refractivity contribution in [1.82, 2.24) is 5.32 Å². The van der Waals surface area contributed by atoms with Crippen molar-refractivity contribution in [2.24, 2.45) is 0 Å². The maximum atomic E-state index is 13.4. The fourth-order valence-corrected chi connectivity index (χ4v) is 2.26. The predicted octanol–water partition coefficient (Wildman–Crippen LogP) is 3.41. The quantitative estimate of drug-likeness (QED) is 0.723. The first kappa shape index (κ1) is 17.5. The van der Waals surface area contributed by atoms with Gasteiger partial charge in [0.15, 0.2) is 0 Å². The Bertz CT molecular complexity index is 666. The van der Waals surface area contributed by atoms with E-state index in [1.165, 1.54) is 12.1 Å². The molecule has 2 rings (SSSR count). The molecule has 2 aromatic rings. The van der Waals surface area contributed by atoms with Crippen molar-refractivity contribution in [2.75, 3.05) is 13.2 Å². The van der Waals surface area contributed by atoms with E-state index in [1.807, 2.05) is 6.92 Å². The fourth-order valence-electron chi connectivity index (χ4n) is 2.14. The molecule has 0 bridgehead atoms. The minimum atomic E-state index is -0.876. The van der Waals surface area contributed by atoms with E-state index >= 15 is 0 Å². The SMILES string of the molecule is CCOc1ccc(O)c(CNCC(O)c2ccc(Cl)c(F)c2)c1. The Hall–Kier alpha value is -1.82. The number of benzene rings is 2. The molecule has 2 aromatic carbocycles. The molecule has 0 saturated carbocycles. The van der Waals surface area contributed by atoms with Crippen molar-refractivity contribution in [3.8, 4) is 11.5 Å². The van der Waals surface area contributed by atoms with Crippen molar-refractivity contribution in [2.45, 2.75) is 19.6 Å². The molecule has 23 heavy (non-hydrogen) atoms. The van der Waals surface area contributed by atoms with Crippen molar-refractivity contribution in [1.29, 1.82) is 0 Å². The molecule has 4 nitrogen and oxygen atoms in total. The van der Waals surface area contributed by atoms with Gasteiger partial charge in [-0.2, -0.15) is 0 Å². The predicted molar refractivity (Wildman–Crippen MR) is 87.4 cm³/mol. The summed E-state index contributed by atoms with van der Waals surface area (Å²) >= 11 is 5.62. The van der Waals surface area contributed by atoms with Gasteiger partial charge >= 0.3 is 0 Å². The normalized spacial score (nSPS) is 12.2. The Morgan fingerprint density at radius 1 is 1.26 bits per heavy atom. The molecular formula is C17H19ClFNO3. The smallest absolute Gasteiger partial charge is 0.142 e. The highest BCUT2D eigenvalue weighted by molar-refractivity contribution is 6.30. The summed E-state index contributed by atoms with van der Waals surface area (Å²) in [6, 6.07) is 9.18. The number of ether oxygens (including phenoxy) is 1. The second-order valence-corrected chi connectivity index (χ2v) is 5.45. The molecule has 6 heteroatoms.